The molecule has 0 aliphatic rings. The summed E-state index contributed by atoms with van der Waals surface area (Å²) in [4.78, 5) is 25.2. The second kappa shape index (κ2) is 18.3. The number of carbonyl (C=O) groups is 2. The van der Waals surface area contributed by atoms with E-state index in [-0.39, 0.29) is 60.6 Å². The van der Waals surface area contributed by atoms with Crippen molar-refractivity contribution in [2.24, 2.45) is 5.73 Å². The maximum atomic E-state index is 13.6. The Labute approximate surface area is 324 Å². The average Bonchev–Trinajstić information content (AvgIpc) is 3.69. The fourth-order valence-electron chi connectivity index (χ4n) is 5.05. The number of amides is 1. The number of esters is 1. The Hall–Kier alpha value is -4.92. The van der Waals surface area contributed by atoms with E-state index in [0.29, 0.717) is 18.0 Å². The standard InChI is InChI=1S/C36H48F3N7O8SSi/c1-23(24-8-11-26(37)12-9-24)53-28-20-25(10-13-27(28)44-55(49,50)35(38)39)32-31(33(40)48)34(46(43-32)22-52-18-19-56(5,6)7)41-29-14-15-45(42-29)16-17-51-21-30(47)54-36(2,3)4/h8-15,20,23,35,44H,16-19,21-22H2,1-7H3,(H2,40,48)(H,41,42)/t23-/m0/s1. The van der Waals surface area contributed by atoms with E-state index in [4.69, 9.17) is 24.7 Å². The summed E-state index contributed by atoms with van der Waals surface area (Å²) in [5.74, 6) is -5.41. The van der Waals surface area contributed by atoms with Crippen LogP contribution < -0.4 is 20.5 Å². The largest absolute Gasteiger partial charge is 0.484 e. The number of benzene rings is 2. The molecule has 1 amide bonds. The Bertz CT molecular complexity index is 2080. The molecule has 4 aromatic rings. The predicted molar refractivity (Wildman–Crippen MR) is 206 cm³/mol. The van der Waals surface area contributed by atoms with Crippen molar-refractivity contribution in [1.29, 1.82) is 0 Å². The smallest absolute Gasteiger partial charge is 0.355 e. The number of alkyl halides is 2. The summed E-state index contributed by atoms with van der Waals surface area (Å²) in [7, 11) is -6.60. The molecule has 4 rings (SSSR count). The van der Waals surface area contributed by atoms with Gasteiger partial charge in [-0.25, -0.2) is 22.3 Å². The van der Waals surface area contributed by atoms with E-state index in [0.717, 1.165) is 6.04 Å². The van der Waals surface area contributed by atoms with Crippen LogP contribution in [0.1, 0.15) is 49.7 Å². The number of carbonyl (C=O) groups excluding carboxylic acids is 2. The highest BCUT2D eigenvalue weighted by Gasteiger charge is 2.29. The van der Waals surface area contributed by atoms with Crippen molar-refractivity contribution in [3.8, 4) is 17.0 Å². The van der Waals surface area contributed by atoms with E-state index in [1.54, 1.807) is 44.6 Å². The van der Waals surface area contributed by atoms with Crippen molar-refractivity contribution in [3.05, 3.63) is 71.7 Å². The van der Waals surface area contributed by atoms with Crippen LogP contribution in [0.5, 0.6) is 5.75 Å². The van der Waals surface area contributed by atoms with Crippen molar-refractivity contribution in [3.63, 3.8) is 0 Å². The van der Waals surface area contributed by atoms with Gasteiger partial charge in [0, 0.05) is 32.5 Å². The fourth-order valence-corrected chi connectivity index (χ4v) is 6.37. The molecule has 0 saturated heterocycles. The van der Waals surface area contributed by atoms with Crippen molar-refractivity contribution in [2.45, 2.75) is 84.1 Å². The number of anilines is 3. The lowest BCUT2D eigenvalue weighted by Gasteiger charge is -2.19. The molecule has 0 aliphatic heterocycles. The van der Waals surface area contributed by atoms with E-state index in [2.05, 4.69) is 35.2 Å². The molecule has 0 fully saturated rings. The van der Waals surface area contributed by atoms with E-state index in [1.165, 1.54) is 47.1 Å². The molecular weight excluding hydrogens is 776 g/mol. The number of ether oxygens (including phenoxy) is 4. The number of nitrogens with zero attached hydrogens (tertiary/aromatic N) is 4. The van der Waals surface area contributed by atoms with Crippen LogP contribution in [0.2, 0.25) is 25.7 Å². The first-order chi connectivity index (χ1) is 26.1. The Morgan fingerprint density at radius 3 is 2.32 bits per heavy atom. The normalized spacial score (nSPS) is 12.8. The van der Waals surface area contributed by atoms with Crippen LogP contribution in [0.15, 0.2) is 54.7 Å². The van der Waals surface area contributed by atoms with Crippen LogP contribution >= 0.6 is 0 Å². The molecule has 56 heavy (non-hydrogen) atoms. The number of rotatable bonds is 20. The van der Waals surface area contributed by atoms with Crippen molar-refractivity contribution < 1.29 is 50.1 Å². The van der Waals surface area contributed by atoms with Gasteiger partial charge in [0.2, 0.25) is 0 Å². The van der Waals surface area contributed by atoms with Crippen LogP contribution in [0, 0.1) is 5.82 Å². The lowest BCUT2D eigenvalue weighted by Crippen LogP contribution is -2.27. The molecular formula is C36H48F3N7O8SSi. The third-order valence-electron chi connectivity index (χ3n) is 7.79. The molecule has 4 N–H and O–H groups in total. The molecule has 306 valence electrons. The molecule has 2 aromatic heterocycles. The number of nitrogens with two attached hydrogens (primary N) is 1. The van der Waals surface area contributed by atoms with E-state index < -0.39 is 53.3 Å². The summed E-state index contributed by atoms with van der Waals surface area (Å²) >= 11 is 0. The van der Waals surface area contributed by atoms with Crippen LogP contribution in [-0.4, -0.2) is 79.1 Å². The van der Waals surface area contributed by atoms with Gasteiger partial charge in [-0.3, -0.25) is 14.2 Å². The zero-order chi connectivity index (χ0) is 41.4. The Morgan fingerprint density at radius 2 is 1.70 bits per heavy atom. The van der Waals surface area contributed by atoms with E-state index in [1.807, 2.05) is 4.72 Å². The van der Waals surface area contributed by atoms with Gasteiger partial charge in [-0.2, -0.15) is 19.0 Å². The quantitative estimate of drug-likeness (QED) is 0.0501. The van der Waals surface area contributed by atoms with Gasteiger partial charge in [-0.05, 0) is 63.6 Å². The van der Waals surface area contributed by atoms with Gasteiger partial charge in [-0.1, -0.05) is 37.8 Å². The highest BCUT2D eigenvalue weighted by Crippen LogP contribution is 2.38. The maximum Gasteiger partial charge on any atom is 0.355 e. The van der Waals surface area contributed by atoms with Gasteiger partial charge < -0.3 is 30.0 Å². The Balaban J connectivity index is 1.69. The molecule has 0 spiro atoms. The number of hydrogen-bond acceptors (Lipinski definition) is 11. The van der Waals surface area contributed by atoms with Crippen LogP contribution in [0.3, 0.4) is 0 Å². The van der Waals surface area contributed by atoms with Gasteiger partial charge in [0.1, 0.15) is 53.7 Å². The monoisotopic (exact) mass is 823 g/mol. The lowest BCUT2D eigenvalue weighted by atomic mass is 10.1. The number of hydrogen-bond donors (Lipinski definition) is 3. The van der Waals surface area contributed by atoms with Crippen molar-refractivity contribution in [1.82, 2.24) is 19.6 Å². The van der Waals surface area contributed by atoms with E-state index in [9.17, 15) is 31.2 Å². The summed E-state index contributed by atoms with van der Waals surface area (Å²) in [5, 5.41) is 12.2. The summed E-state index contributed by atoms with van der Waals surface area (Å²) in [6.45, 7) is 13.9. The minimum Gasteiger partial charge on any atom is -0.484 e. The average molecular weight is 824 g/mol. The number of halogens is 3. The molecule has 0 saturated carbocycles. The Morgan fingerprint density at radius 1 is 1.00 bits per heavy atom. The zero-order valence-corrected chi connectivity index (χ0v) is 34.1. The summed E-state index contributed by atoms with van der Waals surface area (Å²) in [5.41, 5.74) is 5.63. The molecule has 2 heterocycles. The van der Waals surface area contributed by atoms with Crippen LogP contribution in [0.4, 0.5) is 30.5 Å². The van der Waals surface area contributed by atoms with Crippen molar-refractivity contribution >= 4 is 47.3 Å². The van der Waals surface area contributed by atoms with Gasteiger partial charge >= 0.3 is 11.7 Å². The van der Waals surface area contributed by atoms with Gasteiger partial charge in [0.05, 0.1) is 18.8 Å². The zero-order valence-electron chi connectivity index (χ0n) is 32.3. The minimum atomic E-state index is -5.12. The molecule has 1 atom stereocenters. The van der Waals surface area contributed by atoms with Crippen LogP contribution in [-0.2, 0) is 42.3 Å². The number of nitrogens with one attached hydrogen (secondary N) is 2. The number of primary amides is 1. The highest BCUT2D eigenvalue weighted by atomic mass is 32.2. The molecule has 2 aromatic carbocycles. The number of sulfonamides is 1. The van der Waals surface area contributed by atoms with Crippen LogP contribution in [0.25, 0.3) is 11.3 Å². The topological polar surface area (TPSA) is 191 Å². The first kappa shape index (κ1) is 43.8. The molecule has 0 aliphatic carbocycles. The van der Waals surface area contributed by atoms with E-state index >= 15 is 0 Å². The van der Waals surface area contributed by atoms with Gasteiger partial charge in [0.25, 0.3) is 15.9 Å². The maximum absolute atomic E-state index is 13.6. The molecule has 0 radical (unpaired) electrons. The lowest BCUT2D eigenvalue weighted by molar-refractivity contribution is -0.160. The summed E-state index contributed by atoms with van der Waals surface area (Å²) in [6, 6.07) is 11.7. The third kappa shape index (κ3) is 12.8. The molecule has 0 unspecified atom stereocenters. The SMILES string of the molecule is C[C@H](Oc1cc(-c2nn(COCC[Si](C)(C)C)c(Nc3ccn(CCOCC(=O)OC(C)(C)C)n3)c2C(N)=O)ccc1NS(=O)(=O)C(F)F)c1ccc(F)cc1. The molecule has 0 bridgehead atoms. The minimum absolute atomic E-state index is 0.0336. The first-order valence-electron chi connectivity index (χ1n) is 17.6. The second-order valence-corrected chi connectivity index (χ2v) is 22.2. The first-order valence-corrected chi connectivity index (χ1v) is 22.8. The number of aromatic nitrogens is 4. The summed E-state index contributed by atoms with van der Waals surface area (Å²) in [6.07, 6.45) is 0.837. The third-order valence-corrected chi connectivity index (χ3v) is 10.5. The van der Waals surface area contributed by atoms with Gasteiger partial charge in [-0.15, -0.1) is 0 Å². The molecule has 15 nitrogen and oxygen atoms in total. The van der Waals surface area contributed by atoms with Crippen molar-refractivity contribution in [2.75, 3.05) is 29.9 Å². The molecule has 20 heteroatoms. The fraction of sp³-hybridized carbons (Fsp3) is 0.444. The highest BCUT2D eigenvalue weighted by molar-refractivity contribution is 7.93. The predicted octanol–water partition coefficient (Wildman–Crippen LogP) is 6.50. The van der Waals surface area contributed by atoms with Gasteiger partial charge in [0.15, 0.2) is 5.82 Å². The Kier molecular flexibility index (Phi) is 14.4. The summed E-state index contributed by atoms with van der Waals surface area (Å²) < 4.78 is 92.4. The second-order valence-electron chi connectivity index (χ2n) is 14.9.